The number of nitrogens with one attached hydrogen (secondary N) is 1. The van der Waals surface area contributed by atoms with Gasteiger partial charge in [-0.15, -0.1) is 0 Å². The normalized spacial score (nSPS) is 13.0. The summed E-state index contributed by atoms with van der Waals surface area (Å²) in [6.07, 6.45) is 4.88. The Balaban J connectivity index is 1.77. The van der Waals surface area contributed by atoms with E-state index in [4.69, 9.17) is 15.7 Å². The van der Waals surface area contributed by atoms with Gasteiger partial charge in [0.05, 0.1) is 7.11 Å². The number of Topliss-reactive ketones (excluding diaryl/α,β-unsaturated/α-hetero) is 2. The second kappa shape index (κ2) is 12.4. The largest absolute Gasteiger partial charge is 0.496 e. The van der Waals surface area contributed by atoms with E-state index in [1.165, 1.54) is 19.3 Å². The molecule has 1 heterocycles. The fourth-order valence-corrected chi connectivity index (χ4v) is 4.31. The molecule has 10 nitrogen and oxygen atoms in total. The smallest absolute Gasteiger partial charge is 0.256 e. The summed E-state index contributed by atoms with van der Waals surface area (Å²) in [5.41, 5.74) is 7.81. The van der Waals surface area contributed by atoms with Crippen LogP contribution in [0.25, 0.3) is 17.2 Å². The van der Waals surface area contributed by atoms with Gasteiger partial charge in [0, 0.05) is 39.9 Å². The summed E-state index contributed by atoms with van der Waals surface area (Å²) in [7, 11) is 1.47. The molecule has 1 aliphatic carbocycles. The maximum atomic E-state index is 13.5. The molecule has 4 rings (SSSR count). The lowest BCUT2D eigenvalue weighted by molar-refractivity contribution is 0.0898. The zero-order chi connectivity index (χ0) is 28.8. The van der Waals surface area contributed by atoms with Crippen LogP contribution in [0.4, 0.5) is 5.69 Å². The first-order chi connectivity index (χ1) is 19.3. The van der Waals surface area contributed by atoms with Gasteiger partial charge in [0.2, 0.25) is 5.78 Å². The minimum atomic E-state index is -0.824. The van der Waals surface area contributed by atoms with Gasteiger partial charge in [-0.3, -0.25) is 14.4 Å². The number of amides is 1. The molecule has 40 heavy (non-hydrogen) atoms. The number of carbonyl (C=O) groups is 3. The highest BCUT2D eigenvalue weighted by molar-refractivity contribution is 6.12. The van der Waals surface area contributed by atoms with Crippen LogP contribution in [0, 0.1) is 5.92 Å². The molecule has 1 aliphatic rings. The van der Waals surface area contributed by atoms with E-state index in [-0.39, 0.29) is 34.1 Å². The maximum absolute atomic E-state index is 13.5. The molecule has 1 fully saturated rings. The quantitative estimate of drug-likeness (QED) is 0.0865. The van der Waals surface area contributed by atoms with E-state index in [0.29, 0.717) is 40.5 Å². The molecule has 0 unspecified atom stereocenters. The van der Waals surface area contributed by atoms with E-state index >= 15 is 0 Å². The second-order valence-electron chi connectivity index (χ2n) is 9.44. The van der Waals surface area contributed by atoms with E-state index in [1.54, 1.807) is 42.5 Å². The summed E-state index contributed by atoms with van der Waals surface area (Å²) >= 11 is 0. The Bertz CT molecular complexity index is 1490. The van der Waals surface area contributed by atoms with Gasteiger partial charge in [0.15, 0.2) is 11.6 Å². The molecule has 206 valence electrons. The third-order valence-electron chi connectivity index (χ3n) is 6.74. The van der Waals surface area contributed by atoms with Crippen molar-refractivity contribution in [2.75, 3.05) is 19.0 Å². The van der Waals surface area contributed by atoms with Gasteiger partial charge in [0.1, 0.15) is 23.7 Å². The highest BCUT2D eigenvalue weighted by atomic mass is 16.5. The van der Waals surface area contributed by atoms with Gasteiger partial charge in [0.25, 0.3) is 5.91 Å². The van der Waals surface area contributed by atoms with Gasteiger partial charge >= 0.3 is 0 Å². The van der Waals surface area contributed by atoms with E-state index in [2.05, 4.69) is 22.0 Å². The van der Waals surface area contributed by atoms with Crippen molar-refractivity contribution in [1.29, 1.82) is 0 Å². The van der Waals surface area contributed by atoms with E-state index in [9.17, 15) is 19.5 Å². The van der Waals surface area contributed by atoms with Crippen molar-refractivity contribution in [3.8, 4) is 16.9 Å². The molecule has 1 saturated carbocycles. The molecule has 0 bridgehead atoms. The SMILES string of the molecule is C=Cc1cc(C(=O)Nc2ccc(/C(N)=N/O)cc2)c(-c2ccc(C(=O)CCC3CC3)nc2C(=O)CO)cc1OC. The molecule has 0 spiro atoms. The number of nitrogens with zero attached hydrogens (tertiary/aromatic N) is 2. The lowest BCUT2D eigenvalue weighted by atomic mass is 9.93. The Morgan fingerprint density at radius 3 is 2.45 bits per heavy atom. The van der Waals surface area contributed by atoms with Gasteiger partial charge in [-0.1, -0.05) is 30.7 Å². The molecule has 0 atom stereocenters. The summed E-state index contributed by atoms with van der Waals surface area (Å²) in [5, 5.41) is 24.3. The maximum Gasteiger partial charge on any atom is 0.256 e. The standard InChI is InChI=1S/C30H30N4O6/c1-3-18-14-23(30(38)32-20-9-7-19(8-10-20)29(31)34-39)22(15-27(18)40-2)21-11-12-24(33-28(21)26(37)16-35)25(36)13-6-17-4-5-17/h3,7-12,14-15,17,35,39H,1,4-6,13,16H2,2H3,(H2,31,34)(H,32,38). The number of aromatic nitrogens is 1. The number of pyridine rings is 1. The van der Waals surface area contributed by atoms with Crippen molar-refractivity contribution >= 4 is 35.1 Å². The monoisotopic (exact) mass is 542 g/mol. The van der Waals surface area contributed by atoms with Crippen LogP contribution >= 0.6 is 0 Å². The molecule has 1 amide bonds. The Kier molecular flexibility index (Phi) is 8.70. The third-order valence-corrected chi connectivity index (χ3v) is 6.74. The lowest BCUT2D eigenvalue weighted by Gasteiger charge is -2.17. The number of nitrogens with two attached hydrogens (primary N) is 1. The first-order valence-electron chi connectivity index (χ1n) is 12.7. The number of oxime groups is 1. The number of hydrogen-bond donors (Lipinski definition) is 4. The van der Waals surface area contributed by atoms with E-state index in [0.717, 1.165) is 19.3 Å². The minimum absolute atomic E-state index is 0.0750. The highest BCUT2D eigenvalue weighted by Gasteiger charge is 2.25. The zero-order valence-corrected chi connectivity index (χ0v) is 22.0. The van der Waals surface area contributed by atoms with Crippen LogP contribution in [0.15, 0.2) is 60.3 Å². The first-order valence-corrected chi connectivity index (χ1v) is 12.7. The fourth-order valence-electron chi connectivity index (χ4n) is 4.31. The van der Waals surface area contributed by atoms with Gasteiger partial charge < -0.3 is 26.1 Å². The molecule has 5 N–H and O–H groups in total. The van der Waals surface area contributed by atoms with Crippen LogP contribution < -0.4 is 15.8 Å². The molecular formula is C30H30N4O6. The summed E-state index contributed by atoms with van der Waals surface area (Å²) in [6, 6.07) is 12.6. The van der Waals surface area contributed by atoms with Crippen LogP contribution in [0.5, 0.6) is 5.75 Å². The van der Waals surface area contributed by atoms with E-state index in [1.807, 2.05) is 0 Å². The molecule has 1 aromatic heterocycles. The molecule has 0 aliphatic heterocycles. The first kappa shape index (κ1) is 28.2. The summed E-state index contributed by atoms with van der Waals surface area (Å²) < 4.78 is 5.49. The number of ether oxygens (including phenoxy) is 1. The van der Waals surface area contributed by atoms with Crippen molar-refractivity contribution in [1.82, 2.24) is 4.98 Å². The molecule has 3 aromatic rings. The molecule has 10 heteroatoms. The number of benzene rings is 2. The minimum Gasteiger partial charge on any atom is -0.496 e. The number of rotatable bonds is 12. The zero-order valence-electron chi connectivity index (χ0n) is 22.0. The number of aliphatic hydroxyl groups is 1. The number of hydrogen-bond acceptors (Lipinski definition) is 8. The Hall–Kier alpha value is -4.83. The van der Waals surface area contributed by atoms with Crippen LogP contribution in [0.3, 0.4) is 0 Å². The Morgan fingerprint density at radius 1 is 1.12 bits per heavy atom. The van der Waals surface area contributed by atoms with Gasteiger partial charge in [-0.2, -0.15) is 0 Å². The Labute approximate surface area is 231 Å². The van der Waals surface area contributed by atoms with Crippen molar-refractivity contribution < 1.29 is 29.4 Å². The average Bonchev–Trinajstić information content (AvgIpc) is 3.83. The molecular weight excluding hydrogens is 512 g/mol. The van der Waals surface area contributed by atoms with Gasteiger partial charge in [-0.05, 0) is 60.9 Å². The molecule has 2 aromatic carbocycles. The molecule has 0 radical (unpaired) electrons. The Morgan fingerprint density at radius 2 is 1.85 bits per heavy atom. The summed E-state index contributed by atoms with van der Waals surface area (Å²) in [6.45, 7) is 2.97. The number of methoxy groups -OCH3 is 1. The van der Waals surface area contributed by atoms with Crippen LogP contribution in [0.1, 0.15) is 68.1 Å². The number of anilines is 1. The number of ketones is 2. The van der Waals surface area contributed by atoms with Crippen molar-refractivity contribution in [3.05, 3.63) is 83.2 Å². The average molecular weight is 543 g/mol. The van der Waals surface area contributed by atoms with Crippen LogP contribution in [0.2, 0.25) is 0 Å². The third kappa shape index (κ3) is 6.24. The number of amidine groups is 1. The predicted octanol–water partition coefficient (Wildman–Crippen LogP) is 4.29. The predicted molar refractivity (Wildman–Crippen MR) is 151 cm³/mol. The van der Waals surface area contributed by atoms with E-state index < -0.39 is 18.3 Å². The molecule has 0 saturated heterocycles. The second-order valence-corrected chi connectivity index (χ2v) is 9.44. The van der Waals surface area contributed by atoms with Crippen molar-refractivity contribution in [2.24, 2.45) is 16.8 Å². The lowest BCUT2D eigenvalue weighted by Crippen LogP contribution is -2.17. The van der Waals surface area contributed by atoms with Crippen molar-refractivity contribution in [3.63, 3.8) is 0 Å². The van der Waals surface area contributed by atoms with Gasteiger partial charge in [-0.25, -0.2) is 4.98 Å². The highest BCUT2D eigenvalue weighted by Crippen LogP contribution is 2.36. The fraction of sp³-hybridized carbons (Fsp3) is 0.233. The topological polar surface area (TPSA) is 164 Å². The van der Waals surface area contributed by atoms with Crippen molar-refractivity contribution in [2.45, 2.75) is 25.7 Å². The van der Waals surface area contributed by atoms with Crippen LogP contribution in [-0.4, -0.2) is 52.3 Å². The number of carbonyl (C=O) groups excluding carboxylic acids is 3. The van der Waals surface area contributed by atoms with Crippen LogP contribution in [-0.2, 0) is 0 Å². The summed E-state index contributed by atoms with van der Waals surface area (Å²) in [4.78, 5) is 43.5. The summed E-state index contributed by atoms with van der Waals surface area (Å²) in [5.74, 6) is -0.494. The number of aliphatic hydroxyl groups excluding tert-OH is 1.